The number of aromatic hydroxyl groups is 1. The summed E-state index contributed by atoms with van der Waals surface area (Å²) in [6.45, 7) is 1.85. The van der Waals surface area contributed by atoms with Crippen LogP contribution in [0.4, 0.5) is 5.69 Å². The minimum atomic E-state index is -0.415. The Labute approximate surface area is 197 Å². The lowest BCUT2D eigenvalue weighted by molar-refractivity contribution is 0.0974. The van der Waals surface area contributed by atoms with Crippen LogP contribution in [0.2, 0.25) is 0 Å². The van der Waals surface area contributed by atoms with E-state index < -0.39 is 5.91 Å². The van der Waals surface area contributed by atoms with E-state index in [-0.39, 0.29) is 16.8 Å². The van der Waals surface area contributed by atoms with Crippen LogP contribution in [0, 0.1) is 6.92 Å². The van der Waals surface area contributed by atoms with Crippen molar-refractivity contribution in [2.24, 2.45) is 0 Å². The molecule has 32 heavy (non-hydrogen) atoms. The maximum atomic E-state index is 12.8. The molecule has 7 nitrogen and oxygen atoms in total. The molecule has 4 aromatic rings. The number of fused-ring (bicyclic) bond motifs is 1. The molecule has 0 unspecified atom stereocenters. The summed E-state index contributed by atoms with van der Waals surface area (Å²) in [5.41, 5.74) is 3.39. The van der Waals surface area contributed by atoms with Crippen molar-refractivity contribution in [2.75, 3.05) is 12.4 Å². The molecule has 0 aliphatic heterocycles. The smallest absolute Gasteiger partial charge is 0.261 e. The van der Waals surface area contributed by atoms with E-state index in [0.717, 1.165) is 10.0 Å². The molecular weight excluding hydrogens is 494 g/mol. The molecule has 162 valence electrons. The highest BCUT2D eigenvalue weighted by molar-refractivity contribution is 9.10. The van der Waals surface area contributed by atoms with E-state index in [9.17, 15) is 9.90 Å². The minimum Gasteiger partial charge on any atom is -0.507 e. The third-order valence-electron chi connectivity index (χ3n) is 4.69. The number of methoxy groups -OCH3 is 1. The number of hydrogen-bond donors (Lipinski definition) is 3. The van der Waals surface area contributed by atoms with Gasteiger partial charge in [0.25, 0.3) is 5.91 Å². The molecule has 0 spiro atoms. The van der Waals surface area contributed by atoms with Crippen LogP contribution >= 0.6 is 28.1 Å². The number of anilines is 1. The fourth-order valence-electron chi connectivity index (χ4n) is 3.27. The van der Waals surface area contributed by atoms with Crippen LogP contribution < -0.4 is 15.4 Å². The van der Waals surface area contributed by atoms with Crippen molar-refractivity contribution in [3.8, 4) is 23.0 Å². The SMILES string of the molecule is COc1c(C)cc(Br)cc1C(=O)NC(=S)Nc1ccc(O)c(-c2nc3ccccc3o2)c1. The molecule has 0 atom stereocenters. The van der Waals surface area contributed by atoms with Crippen LogP contribution in [-0.4, -0.2) is 28.2 Å². The van der Waals surface area contributed by atoms with Gasteiger partial charge in [-0.15, -0.1) is 0 Å². The van der Waals surface area contributed by atoms with E-state index in [1.807, 2.05) is 31.2 Å². The highest BCUT2D eigenvalue weighted by Crippen LogP contribution is 2.33. The van der Waals surface area contributed by atoms with Gasteiger partial charge in [0.2, 0.25) is 5.89 Å². The zero-order valence-corrected chi connectivity index (χ0v) is 19.5. The van der Waals surface area contributed by atoms with Crippen LogP contribution in [0.3, 0.4) is 0 Å². The molecule has 1 aromatic heterocycles. The maximum absolute atomic E-state index is 12.8. The number of oxazole rings is 1. The number of phenolic OH excluding ortho intramolecular Hbond substituents is 1. The summed E-state index contributed by atoms with van der Waals surface area (Å²) in [5.74, 6) is 0.334. The van der Waals surface area contributed by atoms with Crippen molar-refractivity contribution in [3.63, 3.8) is 0 Å². The number of aryl methyl sites for hydroxylation is 1. The molecule has 1 amide bonds. The molecule has 9 heteroatoms. The van der Waals surface area contributed by atoms with Gasteiger partial charge in [-0.05, 0) is 67.2 Å². The average molecular weight is 512 g/mol. The number of phenols is 1. The number of carbonyl (C=O) groups excluding carboxylic acids is 1. The molecular formula is C23H18BrN3O4S. The molecule has 0 aliphatic carbocycles. The van der Waals surface area contributed by atoms with E-state index in [0.29, 0.717) is 33.7 Å². The first-order chi connectivity index (χ1) is 15.4. The average Bonchev–Trinajstić information content (AvgIpc) is 3.18. The number of amides is 1. The Morgan fingerprint density at radius 2 is 1.97 bits per heavy atom. The Hall–Kier alpha value is -3.43. The number of nitrogens with one attached hydrogen (secondary N) is 2. The minimum absolute atomic E-state index is 0.00593. The fraction of sp³-hybridized carbons (Fsp3) is 0.0870. The first-order valence-electron chi connectivity index (χ1n) is 9.51. The molecule has 0 bridgehead atoms. The fourth-order valence-corrected chi connectivity index (χ4v) is 4.06. The number of carbonyl (C=O) groups is 1. The summed E-state index contributed by atoms with van der Waals surface area (Å²) in [6, 6.07) is 15.6. The van der Waals surface area contributed by atoms with Crippen LogP contribution in [0.15, 0.2) is 63.5 Å². The third-order valence-corrected chi connectivity index (χ3v) is 5.36. The van der Waals surface area contributed by atoms with Gasteiger partial charge in [-0.1, -0.05) is 28.1 Å². The Kier molecular flexibility index (Phi) is 6.11. The van der Waals surface area contributed by atoms with Crippen molar-refractivity contribution in [1.29, 1.82) is 0 Å². The Morgan fingerprint density at radius 1 is 1.19 bits per heavy atom. The zero-order valence-electron chi connectivity index (χ0n) is 17.1. The Balaban J connectivity index is 1.54. The first-order valence-corrected chi connectivity index (χ1v) is 10.7. The second-order valence-electron chi connectivity index (χ2n) is 6.93. The third kappa shape index (κ3) is 4.44. The van der Waals surface area contributed by atoms with E-state index in [2.05, 4.69) is 31.5 Å². The van der Waals surface area contributed by atoms with Crippen LogP contribution in [-0.2, 0) is 0 Å². The van der Waals surface area contributed by atoms with Crippen molar-refractivity contribution in [2.45, 2.75) is 6.92 Å². The van der Waals surface area contributed by atoms with Crippen LogP contribution in [0.5, 0.6) is 11.5 Å². The highest BCUT2D eigenvalue weighted by atomic mass is 79.9. The van der Waals surface area contributed by atoms with Gasteiger partial charge in [0.05, 0.1) is 18.2 Å². The summed E-state index contributed by atoms with van der Waals surface area (Å²) in [5, 5.41) is 16.0. The second-order valence-corrected chi connectivity index (χ2v) is 8.25. The topological polar surface area (TPSA) is 96.6 Å². The summed E-state index contributed by atoms with van der Waals surface area (Å²) in [6.07, 6.45) is 0. The van der Waals surface area contributed by atoms with E-state index in [1.165, 1.54) is 13.2 Å². The van der Waals surface area contributed by atoms with Crippen molar-refractivity contribution >= 4 is 56.0 Å². The summed E-state index contributed by atoms with van der Waals surface area (Å²) in [7, 11) is 1.51. The molecule has 0 saturated heterocycles. The normalized spacial score (nSPS) is 10.7. The Morgan fingerprint density at radius 3 is 2.72 bits per heavy atom. The first kappa shape index (κ1) is 21.8. The lowest BCUT2D eigenvalue weighted by Gasteiger charge is -2.14. The predicted octanol–water partition coefficient (Wildman–Crippen LogP) is 5.41. The van der Waals surface area contributed by atoms with Crippen LogP contribution in [0.1, 0.15) is 15.9 Å². The molecule has 0 aliphatic rings. The number of hydrogen-bond acceptors (Lipinski definition) is 6. The molecule has 3 N–H and O–H groups in total. The van der Waals surface area contributed by atoms with Gasteiger partial charge < -0.3 is 19.6 Å². The van der Waals surface area contributed by atoms with Crippen molar-refractivity contribution in [1.82, 2.24) is 10.3 Å². The highest BCUT2D eigenvalue weighted by Gasteiger charge is 2.18. The van der Waals surface area contributed by atoms with Gasteiger partial charge in [0, 0.05) is 10.2 Å². The predicted molar refractivity (Wildman–Crippen MR) is 130 cm³/mol. The quantitative estimate of drug-likeness (QED) is 0.249. The molecule has 0 fully saturated rings. The summed E-state index contributed by atoms with van der Waals surface area (Å²) in [4.78, 5) is 17.2. The number of nitrogens with zero attached hydrogens (tertiary/aromatic N) is 1. The molecule has 4 rings (SSSR count). The lowest BCUT2D eigenvalue weighted by Crippen LogP contribution is -2.34. The number of benzene rings is 3. The van der Waals surface area contributed by atoms with E-state index in [4.69, 9.17) is 21.4 Å². The molecule has 0 radical (unpaired) electrons. The number of rotatable bonds is 4. The van der Waals surface area contributed by atoms with Gasteiger partial charge in [0.1, 0.15) is 17.0 Å². The van der Waals surface area contributed by atoms with Gasteiger partial charge in [0.15, 0.2) is 10.7 Å². The number of thiocarbonyl (C=S) groups is 1. The Bertz CT molecular complexity index is 1320. The largest absolute Gasteiger partial charge is 0.507 e. The van der Waals surface area contributed by atoms with E-state index >= 15 is 0 Å². The monoisotopic (exact) mass is 511 g/mol. The summed E-state index contributed by atoms with van der Waals surface area (Å²) >= 11 is 8.70. The van der Waals surface area contributed by atoms with Crippen molar-refractivity contribution in [3.05, 3.63) is 70.2 Å². The molecule has 1 heterocycles. The standard InChI is InChI=1S/C23H18BrN3O4S/c1-12-9-13(24)10-16(20(12)30-2)21(29)27-23(32)25-14-7-8-18(28)15(11-14)22-26-17-5-3-4-6-19(17)31-22/h3-11,28H,1-2H3,(H2,25,27,29,32). The van der Waals surface area contributed by atoms with Gasteiger partial charge >= 0.3 is 0 Å². The number of para-hydroxylation sites is 2. The molecule has 3 aromatic carbocycles. The maximum Gasteiger partial charge on any atom is 0.261 e. The zero-order chi connectivity index (χ0) is 22.8. The van der Waals surface area contributed by atoms with Crippen LogP contribution in [0.25, 0.3) is 22.6 Å². The summed E-state index contributed by atoms with van der Waals surface area (Å²) < 4.78 is 11.9. The second kappa shape index (κ2) is 8.97. The number of aromatic nitrogens is 1. The molecule has 0 saturated carbocycles. The van der Waals surface area contributed by atoms with Gasteiger partial charge in [-0.2, -0.15) is 0 Å². The van der Waals surface area contributed by atoms with Gasteiger partial charge in [-0.25, -0.2) is 4.98 Å². The van der Waals surface area contributed by atoms with E-state index in [1.54, 1.807) is 24.3 Å². The van der Waals surface area contributed by atoms with Crippen molar-refractivity contribution < 1.29 is 19.1 Å². The van der Waals surface area contributed by atoms with Gasteiger partial charge in [-0.3, -0.25) is 10.1 Å². The number of halogens is 1. The lowest BCUT2D eigenvalue weighted by atomic mass is 10.1. The number of ether oxygens (including phenoxy) is 1.